The lowest BCUT2D eigenvalue weighted by atomic mass is 10.2. The molecule has 19 heavy (non-hydrogen) atoms. The highest BCUT2D eigenvalue weighted by Crippen LogP contribution is 2.13. The molecule has 1 aromatic heterocycles. The van der Waals surface area contributed by atoms with Gasteiger partial charge in [0.1, 0.15) is 12.2 Å². The van der Waals surface area contributed by atoms with Crippen LogP contribution in [0.2, 0.25) is 0 Å². The summed E-state index contributed by atoms with van der Waals surface area (Å²) in [6, 6.07) is 0.278. The second kappa shape index (κ2) is 7.23. The summed E-state index contributed by atoms with van der Waals surface area (Å²) >= 11 is 0. The molecule has 1 heterocycles. The molecule has 0 aliphatic carbocycles. The fraction of sp³-hybridized carbons (Fsp3) is 0.769. The van der Waals surface area contributed by atoms with Gasteiger partial charge in [0.25, 0.3) is 0 Å². The van der Waals surface area contributed by atoms with Crippen LogP contribution in [0.25, 0.3) is 0 Å². The fourth-order valence-electron chi connectivity index (χ4n) is 1.78. The molecule has 0 aliphatic rings. The van der Waals surface area contributed by atoms with E-state index in [2.05, 4.69) is 29.2 Å². The Kier molecular flexibility index (Phi) is 5.95. The van der Waals surface area contributed by atoms with Crippen LogP contribution in [0.1, 0.15) is 46.0 Å². The van der Waals surface area contributed by atoms with Crippen molar-refractivity contribution in [2.75, 3.05) is 13.6 Å². The van der Waals surface area contributed by atoms with Crippen LogP contribution in [0.3, 0.4) is 0 Å². The third-order valence-electron chi connectivity index (χ3n) is 3.27. The summed E-state index contributed by atoms with van der Waals surface area (Å²) in [6.07, 6.45) is 2.34. The number of nitrogens with one attached hydrogen (secondary N) is 1. The van der Waals surface area contributed by atoms with E-state index in [1.165, 1.54) is 6.33 Å². The first-order valence-corrected chi connectivity index (χ1v) is 6.86. The van der Waals surface area contributed by atoms with E-state index in [0.717, 1.165) is 18.8 Å². The van der Waals surface area contributed by atoms with Crippen LogP contribution < -0.4 is 5.32 Å². The van der Waals surface area contributed by atoms with Gasteiger partial charge in [-0.25, -0.2) is 9.67 Å². The van der Waals surface area contributed by atoms with Crippen LogP contribution in [-0.4, -0.2) is 45.2 Å². The van der Waals surface area contributed by atoms with Crippen LogP contribution in [0, 0.1) is 0 Å². The summed E-state index contributed by atoms with van der Waals surface area (Å²) in [4.78, 5) is 18.3. The zero-order valence-electron chi connectivity index (χ0n) is 12.6. The van der Waals surface area contributed by atoms with Crippen LogP contribution in [0.5, 0.6) is 0 Å². The quantitative estimate of drug-likeness (QED) is 0.806. The van der Waals surface area contributed by atoms with Crippen molar-refractivity contribution in [3.8, 4) is 0 Å². The average Bonchev–Trinajstić information content (AvgIpc) is 2.83. The fourth-order valence-corrected chi connectivity index (χ4v) is 1.78. The highest BCUT2D eigenvalue weighted by molar-refractivity contribution is 5.78. The molecule has 1 amide bonds. The largest absolute Gasteiger partial charge is 0.345 e. The summed E-state index contributed by atoms with van der Waals surface area (Å²) in [6.45, 7) is 9.34. The van der Waals surface area contributed by atoms with Crippen molar-refractivity contribution in [2.45, 2.75) is 52.7 Å². The molecule has 0 spiro atoms. The number of rotatable bonds is 7. The molecule has 1 rings (SSSR count). The van der Waals surface area contributed by atoms with Crippen molar-refractivity contribution in [2.24, 2.45) is 0 Å². The second-order valence-corrected chi connectivity index (χ2v) is 4.97. The van der Waals surface area contributed by atoms with Crippen LogP contribution in [-0.2, 0) is 11.3 Å². The molecule has 0 unspecified atom stereocenters. The first-order chi connectivity index (χ1) is 8.99. The zero-order valence-corrected chi connectivity index (χ0v) is 12.6. The van der Waals surface area contributed by atoms with Gasteiger partial charge in [-0.05, 0) is 34.2 Å². The summed E-state index contributed by atoms with van der Waals surface area (Å²) in [5, 5.41) is 7.17. The normalized spacial score (nSPS) is 13.0. The highest BCUT2D eigenvalue weighted by atomic mass is 16.2. The number of likely N-dealkylation sites (N-methyl/N-ethyl adjacent to an activating group) is 1. The van der Waals surface area contributed by atoms with Gasteiger partial charge in [-0.15, -0.1) is 0 Å². The van der Waals surface area contributed by atoms with Crippen LogP contribution >= 0.6 is 0 Å². The molecule has 0 aliphatic heterocycles. The van der Waals surface area contributed by atoms with Crippen molar-refractivity contribution in [1.82, 2.24) is 25.0 Å². The van der Waals surface area contributed by atoms with E-state index in [1.54, 1.807) is 0 Å². The van der Waals surface area contributed by atoms with Gasteiger partial charge in [-0.3, -0.25) is 9.69 Å². The number of aromatic nitrogens is 3. The maximum Gasteiger partial charge on any atom is 0.234 e. The number of amides is 1. The van der Waals surface area contributed by atoms with Gasteiger partial charge in [-0.2, -0.15) is 5.10 Å². The minimum absolute atomic E-state index is 0.0219. The Labute approximate surface area is 115 Å². The van der Waals surface area contributed by atoms with Gasteiger partial charge < -0.3 is 5.32 Å². The number of aryl methyl sites for hydroxylation is 1. The smallest absolute Gasteiger partial charge is 0.234 e. The van der Waals surface area contributed by atoms with Crippen molar-refractivity contribution >= 4 is 5.91 Å². The summed E-state index contributed by atoms with van der Waals surface area (Å²) in [5.74, 6) is 0.847. The lowest BCUT2D eigenvalue weighted by Crippen LogP contribution is -2.40. The van der Waals surface area contributed by atoms with Gasteiger partial charge >= 0.3 is 0 Å². The SMILES string of the molecule is CC[C@@H](NC(=O)CN(C)C(C)C)c1ncnn1CC. The summed E-state index contributed by atoms with van der Waals surface area (Å²) in [5.41, 5.74) is 0. The zero-order chi connectivity index (χ0) is 14.4. The maximum absolute atomic E-state index is 12.0. The van der Waals surface area contributed by atoms with Gasteiger partial charge in [-0.1, -0.05) is 6.92 Å². The van der Waals surface area contributed by atoms with Crippen molar-refractivity contribution in [3.05, 3.63) is 12.2 Å². The summed E-state index contributed by atoms with van der Waals surface area (Å²) < 4.78 is 1.82. The molecule has 6 heteroatoms. The number of carbonyl (C=O) groups excluding carboxylic acids is 1. The predicted octanol–water partition coefficient (Wildman–Crippen LogP) is 1.21. The first kappa shape index (κ1) is 15.6. The lowest BCUT2D eigenvalue weighted by Gasteiger charge is -2.22. The second-order valence-electron chi connectivity index (χ2n) is 4.97. The van der Waals surface area contributed by atoms with Crippen LogP contribution in [0.4, 0.5) is 0 Å². The van der Waals surface area contributed by atoms with Gasteiger partial charge in [0.15, 0.2) is 0 Å². The van der Waals surface area contributed by atoms with E-state index in [4.69, 9.17) is 0 Å². The first-order valence-electron chi connectivity index (χ1n) is 6.86. The predicted molar refractivity (Wildman–Crippen MR) is 74.6 cm³/mol. The summed E-state index contributed by atoms with van der Waals surface area (Å²) in [7, 11) is 1.94. The molecule has 0 fully saturated rings. The highest BCUT2D eigenvalue weighted by Gasteiger charge is 2.19. The third kappa shape index (κ3) is 4.31. The van der Waals surface area contributed by atoms with Gasteiger partial charge in [0.05, 0.1) is 12.6 Å². The number of nitrogens with zero attached hydrogens (tertiary/aromatic N) is 4. The molecule has 0 saturated heterocycles. The molecule has 0 bridgehead atoms. The molecule has 1 atom stereocenters. The molecule has 1 N–H and O–H groups in total. The van der Waals surface area contributed by atoms with E-state index < -0.39 is 0 Å². The molecule has 108 valence electrons. The Morgan fingerprint density at radius 2 is 2.16 bits per heavy atom. The Morgan fingerprint density at radius 3 is 2.68 bits per heavy atom. The van der Waals surface area contributed by atoms with Crippen molar-refractivity contribution in [3.63, 3.8) is 0 Å². The molecule has 0 saturated carbocycles. The average molecular weight is 267 g/mol. The number of carbonyl (C=O) groups is 1. The van der Waals surface area contributed by atoms with Crippen molar-refractivity contribution < 1.29 is 4.79 Å². The molecule has 1 aromatic rings. The van der Waals surface area contributed by atoms with E-state index in [-0.39, 0.29) is 11.9 Å². The standard InChI is InChI=1S/C13H25N5O/c1-6-11(13-14-9-15-18(13)7-2)16-12(19)8-17(5)10(3)4/h9-11H,6-8H2,1-5H3,(H,16,19)/t11-/m1/s1. The number of hydrogen-bond donors (Lipinski definition) is 1. The minimum atomic E-state index is -0.0736. The van der Waals surface area contributed by atoms with Gasteiger partial charge in [0.2, 0.25) is 5.91 Å². The maximum atomic E-state index is 12.0. The Hall–Kier alpha value is -1.43. The lowest BCUT2D eigenvalue weighted by molar-refractivity contribution is -0.123. The Morgan fingerprint density at radius 1 is 1.47 bits per heavy atom. The van der Waals surface area contributed by atoms with E-state index in [1.807, 2.05) is 30.5 Å². The van der Waals surface area contributed by atoms with Crippen LogP contribution in [0.15, 0.2) is 6.33 Å². The monoisotopic (exact) mass is 267 g/mol. The molecule has 6 nitrogen and oxygen atoms in total. The Bertz CT molecular complexity index is 401. The number of hydrogen-bond acceptors (Lipinski definition) is 4. The third-order valence-corrected chi connectivity index (χ3v) is 3.27. The van der Waals surface area contributed by atoms with E-state index >= 15 is 0 Å². The molecular weight excluding hydrogens is 242 g/mol. The van der Waals surface area contributed by atoms with E-state index in [0.29, 0.717) is 12.6 Å². The Balaban J connectivity index is 2.65. The topological polar surface area (TPSA) is 63.1 Å². The molecule has 0 aromatic carbocycles. The van der Waals surface area contributed by atoms with E-state index in [9.17, 15) is 4.79 Å². The van der Waals surface area contributed by atoms with Gasteiger partial charge in [0, 0.05) is 12.6 Å². The molecular formula is C13H25N5O. The molecule has 0 radical (unpaired) electrons. The minimum Gasteiger partial charge on any atom is -0.345 e. The van der Waals surface area contributed by atoms with Crippen molar-refractivity contribution in [1.29, 1.82) is 0 Å².